The quantitative estimate of drug-likeness (QED) is 0.701. The average molecular weight is 299 g/mol. The molecular weight excluding hydrogens is 278 g/mol. The van der Waals surface area contributed by atoms with Crippen molar-refractivity contribution < 1.29 is 13.2 Å². The van der Waals surface area contributed by atoms with Gasteiger partial charge in [0.2, 0.25) is 0 Å². The minimum absolute atomic E-state index is 0.0683. The molecule has 2 N–H and O–H groups in total. The fourth-order valence-corrected chi connectivity index (χ4v) is 2.23. The molecule has 0 spiro atoms. The topological polar surface area (TPSA) is 88.2 Å². The van der Waals surface area contributed by atoms with Crippen LogP contribution in [-0.2, 0) is 9.84 Å². The smallest absolute Gasteiger partial charge is 0.269 e. The van der Waals surface area contributed by atoms with Crippen molar-refractivity contribution in [3.8, 4) is 0 Å². The number of hydrogen-bond donors (Lipinski definition) is 2. The fourth-order valence-electron chi connectivity index (χ4n) is 1.56. The monoisotopic (exact) mass is 299 g/mol. The Hall–Kier alpha value is -1.63. The molecule has 0 aliphatic carbocycles. The largest absolute Gasteiger partial charge is 0.385 e. The predicted octanol–water partition coefficient (Wildman–Crippen LogP) is 1.07. The molecule has 1 rings (SSSR count). The first-order valence-electron chi connectivity index (χ1n) is 6.58. The maximum absolute atomic E-state index is 11.8. The average Bonchev–Trinajstić information content (AvgIpc) is 2.40. The van der Waals surface area contributed by atoms with E-state index in [-0.39, 0.29) is 11.7 Å². The van der Waals surface area contributed by atoms with E-state index in [4.69, 9.17) is 0 Å². The van der Waals surface area contributed by atoms with E-state index in [1.807, 2.05) is 0 Å². The van der Waals surface area contributed by atoms with Gasteiger partial charge in [0.1, 0.15) is 15.5 Å². The summed E-state index contributed by atoms with van der Waals surface area (Å²) in [6.45, 7) is 3.21. The van der Waals surface area contributed by atoms with Gasteiger partial charge in [-0.3, -0.25) is 9.78 Å². The van der Waals surface area contributed by atoms with Crippen LogP contribution in [0.1, 0.15) is 30.3 Å². The number of hydrogen-bond acceptors (Lipinski definition) is 5. The maximum atomic E-state index is 11.8. The van der Waals surface area contributed by atoms with Gasteiger partial charge in [0.05, 0.1) is 5.75 Å². The fraction of sp³-hybridized carbons (Fsp3) is 0.538. The second kappa shape index (κ2) is 7.84. The highest BCUT2D eigenvalue weighted by Gasteiger charge is 2.08. The summed E-state index contributed by atoms with van der Waals surface area (Å²) in [5.74, 6) is -0.225. The lowest BCUT2D eigenvalue weighted by Crippen LogP contribution is -2.26. The summed E-state index contributed by atoms with van der Waals surface area (Å²) < 4.78 is 21.9. The van der Waals surface area contributed by atoms with E-state index in [0.29, 0.717) is 18.7 Å². The molecule has 0 radical (unpaired) electrons. The lowest BCUT2D eigenvalue weighted by atomic mass is 10.3. The van der Waals surface area contributed by atoms with Crippen LogP contribution >= 0.6 is 0 Å². The van der Waals surface area contributed by atoms with Gasteiger partial charge in [-0.25, -0.2) is 8.42 Å². The molecule has 0 saturated heterocycles. The van der Waals surface area contributed by atoms with Crippen LogP contribution in [0.4, 0.5) is 5.69 Å². The normalized spacial score (nSPS) is 11.1. The first kappa shape index (κ1) is 16.4. The Kier molecular flexibility index (Phi) is 6.44. The molecular formula is C13H21N3O3S. The second-order valence-electron chi connectivity index (χ2n) is 4.60. The zero-order valence-electron chi connectivity index (χ0n) is 11.8. The molecule has 0 aliphatic rings. The van der Waals surface area contributed by atoms with Gasteiger partial charge < -0.3 is 10.6 Å². The summed E-state index contributed by atoms with van der Waals surface area (Å²) in [5, 5.41) is 5.84. The van der Waals surface area contributed by atoms with Crippen molar-refractivity contribution in [3.63, 3.8) is 0 Å². The summed E-state index contributed by atoms with van der Waals surface area (Å²) in [5.41, 5.74) is 1.17. The van der Waals surface area contributed by atoms with Crippen LogP contribution in [0.5, 0.6) is 0 Å². The van der Waals surface area contributed by atoms with Gasteiger partial charge in [0, 0.05) is 31.2 Å². The van der Waals surface area contributed by atoms with Crippen molar-refractivity contribution in [2.75, 3.05) is 30.4 Å². The van der Waals surface area contributed by atoms with Crippen molar-refractivity contribution >= 4 is 21.4 Å². The molecule has 0 bridgehead atoms. The van der Waals surface area contributed by atoms with Gasteiger partial charge in [-0.2, -0.15) is 0 Å². The second-order valence-corrected chi connectivity index (χ2v) is 6.86. The molecule has 0 aromatic carbocycles. The van der Waals surface area contributed by atoms with E-state index in [1.54, 1.807) is 18.3 Å². The van der Waals surface area contributed by atoms with Crippen molar-refractivity contribution in [2.24, 2.45) is 0 Å². The number of aromatic nitrogens is 1. The molecule has 0 saturated carbocycles. The van der Waals surface area contributed by atoms with Crippen LogP contribution in [-0.4, -0.2) is 44.4 Å². The van der Waals surface area contributed by atoms with E-state index in [9.17, 15) is 13.2 Å². The zero-order chi connectivity index (χ0) is 15.0. The third kappa shape index (κ3) is 6.51. The standard InChI is InChI=1S/C13H21N3O3S/c1-3-6-14-11-5-8-15-12(10-11)13(17)16-7-4-9-20(2,18)19/h5,8,10H,3-4,6-7,9H2,1-2H3,(H,14,15)(H,16,17). The van der Waals surface area contributed by atoms with Gasteiger partial charge >= 0.3 is 0 Å². The van der Waals surface area contributed by atoms with Gasteiger partial charge in [-0.05, 0) is 25.0 Å². The molecule has 1 amide bonds. The summed E-state index contributed by atoms with van der Waals surface area (Å²) in [7, 11) is -2.98. The minimum atomic E-state index is -2.98. The first-order valence-corrected chi connectivity index (χ1v) is 8.64. The zero-order valence-corrected chi connectivity index (χ0v) is 12.7. The molecule has 1 heterocycles. The lowest BCUT2D eigenvalue weighted by molar-refractivity contribution is 0.0949. The highest BCUT2D eigenvalue weighted by atomic mass is 32.2. The minimum Gasteiger partial charge on any atom is -0.385 e. The van der Waals surface area contributed by atoms with Crippen LogP contribution in [0.2, 0.25) is 0 Å². The van der Waals surface area contributed by atoms with E-state index >= 15 is 0 Å². The summed E-state index contributed by atoms with van der Waals surface area (Å²) >= 11 is 0. The third-order valence-electron chi connectivity index (χ3n) is 2.55. The van der Waals surface area contributed by atoms with Crippen molar-refractivity contribution in [1.29, 1.82) is 0 Å². The molecule has 6 nitrogen and oxygen atoms in total. The Morgan fingerprint density at radius 2 is 2.10 bits per heavy atom. The van der Waals surface area contributed by atoms with Crippen LogP contribution in [0.3, 0.4) is 0 Å². The number of sulfone groups is 1. The summed E-state index contributed by atoms with van der Waals surface area (Å²) in [4.78, 5) is 15.8. The molecule has 112 valence electrons. The Balaban J connectivity index is 2.46. The molecule has 0 aliphatic heterocycles. The Morgan fingerprint density at radius 1 is 1.35 bits per heavy atom. The van der Waals surface area contributed by atoms with Crippen molar-refractivity contribution in [1.82, 2.24) is 10.3 Å². The molecule has 7 heteroatoms. The maximum Gasteiger partial charge on any atom is 0.269 e. The molecule has 0 unspecified atom stereocenters. The Labute approximate surface area is 119 Å². The molecule has 20 heavy (non-hydrogen) atoms. The number of carbonyl (C=O) groups is 1. The van der Waals surface area contributed by atoms with Crippen LogP contribution < -0.4 is 10.6 Å². The van der Waals surface area contributed by atoms with E-state index < -0.39 is 9.84 Å². The van der Waals surface area contributed by atoms with E-state index in [2.05, 4.69) is 22.5 Å². The SMILES string of the molecule is CCCNc1ccnc(C(=O)NCCCS(C)(=O)=O)c1. The van der Waals surface area contributed by atoms with Crippen LogP contribution in [0, 0.1) is 0 Å². The Bertz CT molecular complexity index is 544. The van der Waals surface area contributed by atoms with Gasteiger partial charge in [-0.15, -0.1) is 0 Å². The molecule has 1 aromatic rings. The van der Waals surface area contributed by atoms with Gasteiger partial charge in [0.15, 0.2) is 0 Å². The van der Waals surface area contributed by atoms with Crippen LogP contribution in [0.25, 0.3) is 0 Å². The molecule has 0 atom stereocenters. The number of pyridine rings is 1. The molecule has 1 aromatic heterocycles. The molecule has 0 fully saturated rings. The van der Waals surface area contributed by atoms with Gasteiger partial charge in [0.25, 0.3) is 5.91 Å². The third-order valence-corrected chi connectivity index (χ3v) is 3.58. The van der Waals surface area contributed by atoms with Crippen molar-refractivity contribution in [2.45, 2.75) is 19.8 Å². The lowest BCUT2D eigenvalue weighted by Gasteiger charge is -2.07. The highest BCUT2D eigenvalue weighted by molar-refractivity contribution is 7.90. The number of nitrogens with one attached hydrogen (secondary N) is 2. The van der Waals surface area contributed by atoms with Gasteiger partial charge in [-0.1, -0.05) is 6.92 Å². The van der Waals surface area contributed by atoms with Crippen LogP contribution in [0.15, 0.2) is 18.3 Å². The summed E-state index contributed by atoms with van der Waals surface area (Å²) in [6.07, 6.45) is 4.15. The number of amides is 1. The first-order chi connectivity index (χ1) is 9.42. The van der Waals surface area contributed by atoms with Crippen molar-refractivity contribution in [3.05, 3.63) is 24.0 Å². The number of nitrogens with zero attached hydrogens (tertiary/aromatic N) is 1. The van der Waals surface area contributed by atoms with E-state index in [1.165, 1.54) is 6.26 Å². The van der Waals surface area contributed by atoms with E-state index in [0.717, 1.165) is 18.7 Å². The Morgan fingerprint density at radius 3 is 2.75 bits per heavy atom. The number of rotatable bonds is 8. The number of anilines is 1. The summed E-state index contributed by atoms with van der Waals surface area (Å²) in [6, 6.07) is 3.48. The number of carbonyl (C=O) groups excluding carboxylic acids is 1. The highest BCUT2D eigenvalue weighted by Crippen LogP contribution is 2.07. The predicted molar refractivity (Wildman–Crippen MR) is 79.7 cm³/mol.